The minimum absolute atomic E-state index is 0.298. The van der Waals surface area contributed by atoms with Crippen molar-refractivity contribution in [1.29, 1.82) is 0 Å². The number of hydrogen-bond donors (Lipinski definition) is 0. The molecule has 0 saturated carbocycles. The van der Waals surface area contributed by atoms with Crippen molar-refractivity contribution >= 4 is 16.7 Å². The van der Waals surface area contributed by atoms with E-state index in [2.05, 4.69) is 21.9 Å². The summed E-state index contributed by atoms with van der Waals surface area (Å²) in [5.74, 6) is 4.60. The first kappa shape index (κ1) is 22.4. The van der Waals surface area contributed by atoms with Gasteiger partial charge >= 0.3 is 0 Å². The molecule has 0 radical (unpaired) electrons. The van der Waals surface area contributed by atoms with Gasteiger partial charge in [-0.25, -0.2) is 9.97 Å². The van der Waals surface area contributed by atoms with E-state index in [-0.39, 0.29) is 0 Å². The first-order valence-electron chi connectivity index (χ1n) is 12.1. The molecule has 0 aliphatic carbocycles. The van der Waals surface area contributed by atoms with Gasteiger partial charge in [0.15, 0.2) is 28.8 Å². The number of piperazine rings is 1. The van der Waals surface area contributed by atoms with E-state index >= 15 is 0 Å². The molecule has 1 aromatic heterocycles. The predicted molar refractivity (Wildman–Crippen MR) is 138 cm³/mol. The summed E-state index contributed by atoms with van der Waals surface area (Å²) >= 11 is 0. The molecule has 2 aliphatic heterocycles. The van der Waals surface area contributed by atoms with Crippen LogP contribution < -0.4 is 23.8 Å². The molecule has 3 heterocycles. The molecule has 6 rings (SSSR count). The van der Waals surface area contributed by atoms with E-state index in [9.17, 15) is 0 Å². The van der Waals surface area contributed by atoms with E-state index < -0.39 is 0 Å². The second-order valence-electron chi connectivity index (χ2n) is 8.91. The minimum atomic E-state index is 0.298. The average Bonchev–Trinajstić information content (AvgIpc) is 3.40. The zero-order valence-corrected chi connectivity index (χ0v) is 20.4. The molecule has 8 heteroatoms. The van der Waals surface area contributed by atoms with Crippen molar-refractivity contribution in [2.75, 3.05) is 52.1 Å². The van der Waals surface area contributed by atoms with Crippen LogP contribution in [0.3, 0.4) is 0 Å². The number of fused-ring (bicyclic) bond motifs is 2. The molecule has 1 fully saturated rings. The summed E-state index contributed by atoms with van der Waals surface area (Å²) in [5, 5.41) is 0.955. The van der Waals surface area contributed by atoms with E-state index in [1.807, 2.05) is 48.5 Å². The lowest BCUT2D eigenvalue weighted by Crippen LogP contribution is -2.46. The maximum Gasteiger partial charge on any atom is 0.231 e. The van der Waals surface area contributed by atoms with Crippen LogP contribution in [-0.4, -0.2) is 62.1 Å². The first-order chi connectivity index (χ1) is 17.7. The van der Waals surface area contributed by atoms with Crippen LogP contribution in [0.25, 0.3) is 22.3 Å². The third-order valence-corrected chi connectivity index (χ3v) is 6.73. The van der Waals surface area contributed by atoms with E-state index in [4.69, 9.17) is 28.9 Å². The molecule has 0 amide bonds. The van der Waals surface area contributed by atoms with E-state index in [1.54, 1.807) is 14.2 Å². The fourth-order valence-corrected chi connectivity index (χ4v) is 4.81. The van der Waals surface area contributed by atoms with Gasteiger partial charge in [0.2, 0.25) is 6.79 Å². The van der Waals surface area contributed by atoms with Gasteiger partial charge in [0.25, 0.3) is 0 Å². The standard InChI is InChI=1S/C28H28N4O4/c1-33-24-15-21-22(16-25(24)34-2)29-27(20-6-4-3-5-7-20)30-28(21)32-12-10-31(11-13-32)17-19-8-9-23-26(14-19)36-18-35-23/h3-9,14-16H,10-13,17-18H2,1-2H3. The Hall–Kier alpha value is -4.04. The average molecular weight is 485 g/mol. The van der Waals surface area contributed by atoms with E-state index in [1.165, 1.54) is 5.56 Å². The maximum atomic E-state index is 5.59. The number of anilines is 1. The number of aromatic nitrogens is 2. The summed E-state index contributed by atoms with van der Waals surface area (Å²) in [6, 6.07) is 20.2. The molecule has 0 bridgehead atoms. The lowest BCUT2D eigenvalue weighted by molar-refractivity contribution is 0.174. The van der Waals surface area contributed by atoms with Gasteiger partial charge < -0.3 is 23.8 Å². The Bertz CT molecular complexity index is 1390. The van der Waals surface area contributed by atoms with Crippen molar-refractivity contribution in [2.45, 2.75) is 6.54 Å². The topological polar surface area (TPSA) is 69.2 Å². The molecule has 4 aromatic rings. The molecule has 0 spiro atoms. The first-order valence-corrected chi connectivity index (χ1v) is 12.1. The van der Waals surface area contributed by atoms with Crippen LogP contribution in [0, 0.1) is 0 Å². The largest absolute Gasteiger partial charge is 0.493 e. The van der Waals surface area contributed by atoms with Crippen LogP contribution in [0.4, 0.5) is 5.82 Å². The Labute approximate surface area is 210 Å². The van der Waals surface area contributed by atoms with Crippen molar-refractivity contribution in [2.24, 2.45) is 0 Å². The summed E-state index contributed by atoms with van der Waals surface area (Å²) < 4.78 is 22.1. The number of ether oxygens (including phenoxy) is 4. The second-order valence-corrected chi connectivity index (χ2v) is 8.91. The van der Waals surface area contributed by atoms with Crippen LogP contribution in [0.15, 0.2) is 60.7 Å². The van der Waals surface area contributed by atoms with Gasteiger partial charge in [-0.2, -0.15) is 0 Å². The fraction of sp³-hybridized carbons (Fsp3) is 0.286. The van der Waals surface area contributed by atoms with E-state index in [0.29, 0.717) is 24.1 Å². The van der Waals surface area contributed by atoms with Crippen molar-refractivity contribution in [3.63, 3.8) is 0 Å². The van der Waals surface area contributed by atoms with Gasteiger partial charge in [-0.15, -0.1) is 0 Å². The molecule has 3 aromatic carbocycles. The normalized spacial score (nSPS) is 15.3. The second kappa shape index (κ2) is 9.54. The van der Waals surface area contributed by atoms with Gasteiger partial charge in [0.1, 0.15) is 5.82 Å². The molecular weight excluding hydrogens is 456 g/mol. The zero-order valence-electron chi connectivity index (χ0n) is 20.4. The minimum Gasteiger partial charge on any atom is -0.493 e. The summed E-state index contributed by atoms with van der Waals surface area (Å²) in [4.78, 5) is 14.7. The highest BCUT2D eigenvalue weighted by molar-refractivity contribution is 5.93. The zero-order chi connectivity index (χ0) is 24.5. The molecular formula is C28H28N4O4. The van der Waals surface area contributed by atoms with Crippen molar-refractivity contribution in [3.05, 3.63) is 66.2 Å². The van der Waals surface area contributed by atoms with Crippen molar-refractivity contribution in [3.8, 4) is 34.4 Å². The maximum absolute atomic E-state index is 5.59. The van der Waals surface area contributed by atoms with Gasteiger partial charge in [-0.1, -0.05) is 36.4 Å². The molecule has 0 unspecified atom stereocenters. The van der Waals surface area contributed by atoms with Crippen LogP contribution >= 0.6 is 0 Å². The van der Waals surface area contributed by atoms with Gasteiger partial charge in [0.05, 0.1) is 19.7 Å². The van der Waals surface area contributed by atoms with Gasteiger partial charge in [-0.3, -0.25) is 4.90 Å². The summed E-state index contributed by atoms with van der Waals surface area (Å²) in [5.41, 5.74) is 3.04. The van der Waals surface area contributed by atoms with Crippen LogP contribution in [-0.2, 0) is 6.54 Å². The van der Waals surface area contributed by atoms with Crippen LogP contribution in [0.2, 0.25) is 0 Å². The quantitative estimate of drug-likeness (QED) is 0.400. The molecule has 0 N–H and O–H groups in total. The molecule has 2 aliphatic rings. The lowest BCUT2D eigenvalue weighted by Gasteiger charge is -2.36. The number of benzene rings is 3. The number of rotatable bonds is 6. The van der Waals surface area contributed by atoms with Crippen molar-refractivity contribution < 1.29 is 18.9 Å². The molecule has 8 nitrogen and oxygen atoms in total. The van der Waals surface area contributed by atoms with Gasteiger partial charge in [-0.05, 0) is 23.8 Å². The Kier molecular flexibility index (Phi) is 5.95. The van der Waals surface area contributed by atoms with Crippen LogP contribution in [0.1, 0.15) is 5.56 Å². The molecule has 36 heavy (non-hydrogen) atoms. The summed E-state index contributed by atoms with van der Waals surface area (Å²) in [7, 11) is 3.29. The molecule has 1 saturated heterocycles. The van der Waals surface area contributed by atoms with Crippen molar-refractivity contribution in [1.82, 2.24) is 14.9 Å². The monoisotopic (exact) mass is 484 g/mol. The Morgan fingerprint density at radius 1 is 0.806 bits per heavy atom. The van der Waals surface area contributed by atoms with Crippen LogP contribution in [0.5, 0.6) is 23.0 Å². The SMILES string of the molecule is COc1cc2nc(-c3ccccc3)nc(N3CCN(Cc4ccc5c(c4)OCO5)CC3)c2cc1OC. The third kappa shape index (κ3) is 4.24. The number of hydrogen-bond acceptors (Lipinski definition) is 8. The Balaban J connectivity index is 1.29. The smallest absolute Gasteiger partial charge is 0.231 e. The summed E-state index contributed by atoms with van der Waals surface area (Å²) in [6.45, 7) is 4.74. The van der Waals surface area contributed by atoms with E-state index in [0.717, 1.165) is 66.5 Å². The number of methoxy groups -OCH3 is 2. The Morgan fingerprint density at radius 2 is 1.56 bits per heavy atom. The summed E-state index contributed by atoms with van der Waals surface area (Å²) in [6.07, 6.45) is 0. The lowest BCUT2D eigenvalue weighted by atomic mass is 10.1. The predicted octanol–water partition coefficient (Wildman–Crippen LogP) is 4.36. The highest BCUT2D eigenvalue weighted by Crippen LogP contribution is 2.37. The Morgan fingerprint density at radius 3 is 2.33 bits per heavy atom. The third-order valence-electron chi connectivity index (χ3n) is 6.73. The molecule has 0 atom stereocenters. The molecule has 184 valence electrons. The number of nitrogens with zero attached hydrogens (tertiary/aromatic N) is 4. The highest BCUT2D eigenvalue weighted by Gasteiger charge is 2.23. The van der Waals surface area contributed by atoms with Gasteiger partial charge in [0, 0.05) is 49.7 Å². The highest BCUT2D eigenvalue weighted by atomic mass is 16.7. The fourth-order valence-electron chi connectivity index (χ4n) is 4.81.